The van der Waals surface area contributed by atoms with Crippen molar-refractivity contribution in [2.24, 2.45) is 0 Å². The fourth-order valence-corrected chi connectivity index (χ4v) is 2.73. The maximum atomic E-state index is 12.6. The summed E-state index contributed by atoms with van der Waals surface area (Å²) < 4.78 is 9.28. The van der Waals surface area contributed by atoms with E-state index in [-0.39, 0.29) is 18.9 Å². The minimum Gasteiger partial charge on any atom is -0.469 e. The molecule has 0 bridgehead atoms. The van der Waals surface area contributed by atoms with E-state index in [1.165, 1.54) is 14.2 Å². The van der Waals surface area contributed by atoms with E-state index >= 15 is 0 Å². The number of carbonyl (C=O) groups is 3. The van der Waals surface area contributed by atoms with Crippen molar-refractivity contribution in [3.05, 3.63) is 29.8 Å². The van der Waals surface area contributed by atoms with Crippen LogP contribution in [0.4, 0.5) is 10.5 Å². The number of amides is 2. The normalized spacial score (nSPS) is 14.3. The fraction of sp³-hybridized carbons (Fsp3) is 0.471. The van der Waals surface area contributed by atoms with Crippen molar-refractivity contribution in [2.45, 2.75) is 31.7 Å². The van der Waals surface area contributed by atoms with Crippen LogP contribution in [0.15, 0.2) is 24.3 Å². The standard InChI is InChI=1S/C17H22N2O5/c1-23-15(20)10-9-13(16(21)24-2)18-17(22)19-11-5-7-12-6-3-4-8-14(12)19/h3-4,6,8,13H,5,7,9-11H2,1-2H3,(H,18,22). The summed E-state index contributed by atoms with van der Waals surface area (Å²) in [6, 6.07) is 6.42. The molecule has 0 radical (unpaired) electrons. The second kappa shape index (κ2) is 8.33. The second-order valence-electron chi connectivity index (χ2n) is 5.52. The van der Waals surface area contributed by atoms with Gasteiger partial charge < -0.3 is 14.8 Å². The van der Waals surface area contributed by atoms with Gasteiger partial charge in [0.25, 0.3) is 0 Å². The van der Waals surface area contributed by atoms with Crippen molar-refractivity contribution in [3.8, 4) is 0 Å². The van der Waals surface area contributed by atoms with Gasteiger partial charge in [-0.3, -0.25) is 9.69 Å². The topological polar surface area (TPSA) is 84.9 Å². The summed E-state index contributed by atoms with van der Waals surface area (Å²) in [4.78, 5) is 37.4. The first-order valence-electron chi connectivity index (χ1n) is 7.87. The number of urea groups is 1. The molecule has 2 amide bonds. The highest BCUT2D eigenvalue weighted by molar-refractivity contribution is 5.95. The Balaban J connectivity index is 2.07. The predicted molar refractivity (Wildman–Crippen MR) is 87.7 cm³/mol. The first-order chi connectivity index (χ1) is 11.6. The van der Waals surface area contributed by atoms with Gasteiger partial charge in [-0.1, -0.05) is 18.2 Å². The van der Waals surface area contributed by atoms with Crippen LogP contribution >= 0.6 is 0 Å². The van der Waals surface area contributed by atoms with Crippen molar-refractivity contribution in [1.29, 1.82) is 0 Å². The molecule has 0 spiro atoms. The van der Waals surface area contributed by atoms with Gasteiger partial charge in [0.15, 0.2) is 0 Å². The molecule has 1 aliphatic heterocycles. The van der Waals surface area contributed by atoms with Crippen molar-refractivity contribution < 1.29 is 23.9 Å². The molecule has 24 heavy (non-hydrogen) atoms. The molecule has 0 saturated heterocycles. The maximum Gasteiger partial charge on any atom is 0.328 e. The lowest BCUT2D eigenvalue weighted by atomic mass is 10.0. The van der Waals surface area contributed by atoms with Crippen LogP contribution in [0.1, 0.15) is 24.8 Å². The molecule has 0 saturated carbocycles. The highest BCUT2D eigenvalue weighted by Gasteiger charge is 2.28. The molecule has 1 unspecified atom stereocenters. The molecule has 1 atom stereocenters. The SMILES string of the molecule is COC(=O)CCC(NC(=O)N1CCCc2ccccc21)C(=O)OC. The number of hydrogen-bond acceptors (Lipinski definition) is 5. The molecule has 1 N–H and O–H groups in total. The number of ether oxygens (including phenoxy) is 2. The molecular formula is C17H22N2O5. The number of hydrogen-bond donors (Lipinski definition) is 1. The summed E-state index contributed by atoms with van der Waals surface area (Å²) in [6.45, 7) is 0.577. The second-order valence-corrected chi connectivity index (χ2v) is 5.52. The van der Waals surface area contributed by atoms with Gasteiger partial charge in [0, 0.05) is 18.7 Å². The third-order valence-corrected chi connectivity index (χ3v) is 4.00. The Bertz CT molecular complexity index is 617. The lowest BCUT2D eigenvalue weighted by molar-refractivity contribution is -0.144. The van der Waals surface area contributed by atoms with Gasteiger partial charge in [-0.2, -0.15) is 0 Å². The van der Waals surface area contributed by atoms with E-state index in [4.69, 9.17) is 4.74 Å². The largest absolute Gasteiger partial charge is 0.469 e. The third kappa shape index (κ3) is 4.24. The van der Waals surface area contributed by atoms with Crippen LogP contribution in [0, 0.1) is 0 Å². The molecule has 1 heterocycles. The molecule has 1 aromatic rings. The molecule has 0 aliphatic carbocycles. The predicted octanol–water partition coefficient (Wildman–Crippen LogP) is 1.64. The number of methoxy groups -OCH3 is 2. The molecular weight excluding hydrogens is 312 g/mol. The van der Waals surface area contributed by atoms with E-state index in [2.05, 4.69) is 10.1 Å². The summed E-state index contributed by atoms with van der Waals surface area (Å²) >= 11 is 0. The average Bonchev–Trinajstić information content (AvgIpc) is 2.63. The smallest absolute Gasteiger partial charge is 0.328 e. The van der Waals surface area contributed by atoms with Crippen LogP contribution in [0.3, 0.4) is 0 Å². The number of carbonyl (C=O) groups excluding carboxylic acids is 3. The summed E-state index contributed by atoms with van der Waals surface area (Å²) in [6.07, 6.45) is 1.92. The molecule has 130 valence electrons. The van der Waals surface area contributed by atoms with Gasteiger partial charge in [0.05, 0.1) is 14.2 Å². The van der Waals surface area contributed by atoms with Gasteiger partial charge in [-0.15, -0.1) is 0 Å². The molecule has 7 heteroatoms. The zero-order chi connectivity index (χ0) is 17.5. The lowest BCUT2D eigenvalue weighted by Crippen LogP contribution is -2.50. The number of rotatable bonds is 5. The summed E-state index contributed by atoms with van der Waals surface area (Å²) in [5.41, 5.74) is 1.95. The Hall–Kier alpha value is -2.57. The van der Waals surface area contributed by atoms with Gasteiger partial charge in [-0.25, -0.2) is 9.59 Å². The minimum absolute atomic E-state index is 0.0210. The summed E-state index contributed by atoms with van der Waals surface area (Å²) in [5.74, 6) is -1.03. The molecule has 1 aliphatic rings. The first kappa shape index (κ1) is 17.8. The fourth-order valence-electron chi connectivity index (χ4n) is 2.73. The monoisotopic (exact) mass is 334 g/mol. The van der Waals surface area contributed by atoms with E-state index in [0.29, 0.717) is 6.54 Å². The van der Waals surface area contributed by atoms with E-state index in [9.17, 15) is 14.4 Å². The highest BCUT2D eigenvalue weighted by Crippen LogP contribution is 2.26. The molecule has 0 fully saturated rings. The lowest BCUT2D eigenvalue weighted by Gasteiger charge is -2.30. The number of aryl methyl sites for hydroxylation is 1. The number of nitrogens with one attached hydrogen (secondary N) is 1. The number of benzene rings is 1. The van der Waals surface area contributed by atoms with Gasteiger partial charge in [-0.05, 0) is 30.9 Å². The van der Waals surface area contributed by atoms with E-state index in [1.807, 2.05) is 24.3 Å². The number of fused-ring (bicyclic) bond motifs is 1. The zero-order valence-electron chi connectivity index (χ0n) is 13.9. The van der Waals surface area contributed by atoms with Gasteiger partial charge in [0.1, 0.15) is 6.04 Å². The average molecular weight is 334 g/mol. The van der Waals surface area contributed by atoms with Crippen LogP contribution in [-0.2, 0) is 25.5 Å². The Labute approximate surface area is 140 Å². The molecule has 1 aromatic carbocycles. The highest BCUT2D eigenvalue weighted by atomic mass is 16.5. The van der Waals surface area contributed by atoms with Crippen molar-refractivity contribution in [3.63, 3.8) is 0 Å². The summed E-state index contributed by atoms with van der Waals surface area (Å²) in [5, 5.41) is 2.66. The van der Waals surface area contributed by atoms with Crippen LogP contribution in [0.25, 0.3) is 0 Å². The van der Waals surface area contributed by atoms with E-state index in [1.54, 1.807) is 4.90 Å². The van der Waals surface area contributed by atoms with Crippen LogP contribution in [0.2, 0.25) is 0 Å². The minimum atomic E-state index is -0.893. The van der Waals surface area contributed by atoms with Gasteiger partial charge in [0.2, 0.25) is 0 Å². The van der Waals surface area contributed by atoms with E-state index in [0.717, 1.165) is 24.1 Å². The third-order valence-electron chi connectivity index (χ3n) is 4.00. The van der Waals surface area contributed by atoms with Crippen LogP contribution < -0.4 is 10.2 Å². The Morgan fingerprint density at radius 3 is 2.67 bits per heavy atom. The Morgan fingerprint density at radius 2 is 1.96 bits per heavy atom. The zero-order valence-corrected chi connectivity index (χ0v) is 13.9. The number of para-hydroxylation sites is 1. The Kier molecular flexibility index (Phi) is 6.17. The van der Waals surface area contributed by atoms with Gasteiger partial charge >= 0.3 is 18.0 Å². The molecule has 2 rings (SSSR count). The van der Waals surface area contributed by atoms with Crippen LogP contribution in [-0.4, -0.2) is 44.8 Å². The van der Waals surface area contributed by atoms with E-state index < -0.39 is 18.0 Å². The van der Waals surface area contributed by atoms with Crippen LogP contribution in [0.5, 0.6) is 0 Å². The molecule has 0 aromatic heterocycles. The maximum absolute atomic E-state index is 12.6. The number of nitrogens with zero attached hydrogens (tertiary/aromatic N) is 1. The Morgan fingerprint density at radius 1 is 1.21 bits per heavy atom. The molecule has 7 nitrogen and oxygen atoms in total. The number of esters is 2. The first-order valence-corrected chi connectivity index (χ1v) is 7.87. The number of anilines is 1. The van der Waals surface area contributed by atoms with Crippen molar-refractivity contribution >= 4 is 23.7 Å². The quantitative estimate of drug-likeness (QED) is 0.828. The van der Waals surface area contributed by atoms with Crippen molar-refractivity contribution in [2.75, 3.05) is 25.7 Å². The summed E-state index contributed by atoms with van der Waals surface area (Å²) in [7, 11) is 2.52. The van der Waals surface area contributed by atoms with Crippen molar-refractivity contribution in [1.82, 2.24) is 5.32 Å².